The summed E-state index contributed by atoms with van der Waals surface area (Å²) in [5, 5.41) is 15.7. The van der Waals surface area contributed by atoms with E-state index >= 15 is 0 Å². The number of piperidine rings is 1. The van der Waals surface area contributed by atoms with E-state index in [4.69, 9.17) is 9.97 Å². The first-order chi connectivity index (χ1) is 21.7. The Labute approximate surface area is 271 Å². The molecule has 2 aromatic heterocycles. The average molecular weight is 648 g/mol. The van der Waals surface area contributed by atoms with E-state index < -0.39 is 15.4 Å². The van der Waals surface area contributed by atoms with Crippen molar-refractivity contribution < 1.29 is 18.3 Å². The van der Waals surface area contributed by atoms with Crippen LogP contribution in [0.25, 0.3) is 10.8 Å². The van der Waals surface area contributed by atoms with Crippen LogP contribution in [0.2, 0.25) is 0 Å². The zero-order valence-corrected chi connectivity index (χ0v) is 28.2. The fourth-order valence-electron chi connectivity index (χ4n) is 7.77. The van der Waals surface area contributed by atoms with Crippen molar-refractivity contribution in [2.75, 3.05) is 46.8 Å². The normalized spacial score (nSPS) is 24.1. The van der Waals surface area contributed by atoms with Crippen LogP contribution in [0.1, 0.15) is 65.0 Å². The largest absolute Gasteiger partial charge is 0.390 e. The summed E-state index contributed by atoms with van der Waals surface area (Å²) < 4.78 is 24.5. The van der Waals surface area contributed by atoms with E-state index in [1.807, 2.05) is 24.1 Å². The van der Waals surface area contributed by atoms with Gasteiger partial charge in [-0.05, 0) is 88.6 Å². The minimum Gasteiger partial charge on any atom is -0.390 e. The zero-order valence-electron chi connectivity index (χ0n) is 27.4. The zero-order chi connectivity index (χ0) is 33.0. The third kappa shape index (κ3) is 6.04. The molecule has 12 heteroatoms. The van der Waals surface area contributed by atoms with Crippen molar-refractivity contribution in [3.8, 4) is 0 Å². The second kappa shape index (κ2) is 11.8. The number of aliphatic hydroxyl groups is 1. The highest BCUT2D eigenvalue weighted by atomic mass is 32.2. The molecule has 246 valence electrons. The number of pyridine rings is 1. The molecule has 11 nitrogen and oxygen atoms in total. The Morgan fingerprint density at radius 1 is 1.11 bits per heavy atom. The van der Waals surface area contributed by atoms with Crippen molar-refractivity contribution in [1.82, 2.24) is 19.9 Å². The van der Waals surface area contributed by atoms with Crippen molar-refractivity contribution in [2.45, 2.75) is 76.6 Å². The fraction of sp³-hybridized carbons (Fsp3) is 0.529. The molecule has 0 unspecified atom stereocenters. The summed E-state index contributed by atoms with van der Waals surface area (Å²) in [4.78, 5) is 33.2. The van der Waals surface area contributed by atoms with Gasteiger partial charge < -0.3 is 25.1 Å². The van der Waals surface area contributed by atoms with E-state index in [0.29, 0.717) is 50.1 Å². The number of anilines is 4. The monoisotopic (exact) mass is 647 g/mol. The van der Waals surface area contributed by atoms with Crippen LogP contribution in [0, 0.1) is 5.92 Å². The molecule has 2 N–H and O–H groups in total. The first-order valence-electron chi connectivity index (χ1n) is 16.1. The Morgan fingerprint density at radius 2 is 1.85 bits per heavy atom. The number of fused-ring (bicyclic) bond motifs is 1. The maximum absolute atomic E-state index is 12.8. The molecule has 5 heterocycles. The topological polar surface area (TPSA) is 132 Å². The lowest BCUT2D eigenvalue weighted by molar-refractivity contribution is -0.126. The van der Waals surface area contributed by atoms with Crippen LogP contribution < -0.4 is 15.1 Å². The van der Waals surface area contributed by atoms with Gasteiger partial charge >= 0.3 is 0 Å². The number of aromatic nitrogens is 3. The Balaban J connectivity index is 1.38. The van der Waals surface area contributed by atoms with Crippen LogP contribution in [-0.2, 0) is 14.6 Å². The van der Waals surface area contributed by atoms with Crippen LogP contribution in [0.5, 0.6) is 0 Å². The third-order valence-corrected chi connectivity index (χ3v) is 11.2. The van der Waals surface area contributed by atoms with Crippen LogP contribution in [0.3, 0.4) is 0 Å². The second-order valence-corrected chi connectivity index (χ2v) is 16.2. The molecular weight excluding hydrogens is 602 g/mol. The molecule has 1 amide bonds. The number of hydrogen-bond acceptors (Lipinski definition) is 10. The van der Waals surface area contributed by atoms with Gasteiger partial charge in [-0.1, -0.05) is 12.6 Å². The highest BCUT2D eigenvalue weighted by Crippen LogP contribution is 2.49. The lowest BCUT2D eigenvalue weighted by atomic mass is 9.71. The maximum Gasteiger partial charge on any atom is 0.246 e. The van der Waals surface area contributed by atoms with Gasteiger partial charge in [-0.2, -0.15) is 4.98 Å². The van der Waals surface area contributed by atoms with Gasteiger partial charge in [-0.25, -0.2) is 18.4 Å². The highest BCUT2D eigenvalue weighted by molar-refractivity contribution is 7.90. The molecule has 0 bridgehead atoms. The van der Waals surface area contributed by atoms with Crippen molar-refractivity contribution in [3.05, 3.63) is 54.9 Å². The van der Waals surface area contributed by atoms with Crippen molar-refractivity contribution in [3.63, 3.8) is 0 Å². The SMILES string of the molecule is C=CC(=O)N1CCC[C@H]1c1ccc(N2[C@H](C)[C@@H](CS(C)(=O)=O)C2(C)C)c2cnc(Nc3ccnc(N4CCC(C)(O)CC4)n3)cc12. The van der Waals surface area contributed by atoms with Crippen molar-refractivity contribution in [1.29, 1.82) is 0 Å². The summed E-state index contributed by atoms with van der Waals surface area (Å²) >= 11 is 0. The van der Waals surface area contributed by atoms with E-state index in [0.717, 1.165) is 34.9 Å². The number of nitrogens with one attached hydrogen (secondary N) is 1. The van der Waals surface area contributed by atoms with E-state index in [2.05, 4.69) is 59.6 Å². The molecule has 3 fully saturated rings. The number of carbonyl (C=O) groups excluding carboxylic acids is 1. The summed E-state index contributed by atoms with van der Waals surface area (Å²) in [5.41, 5.74) is 0.982. The minimum atomic E-state index is -3.14. The van der Waals surface area contributed by atoms with E-state index in [-0.39, 0.29) is 35.2 Å². The third-order valence-electron chi connectivity index (χ3n) is 10.3. The number of nitrogens with zero attached hydrogens (tertiary/aromatic N) is 6. The summed E-state index contributed by atoms with van der Waals surface area (Å²) in [5.74, 6) is 1.87. The molecule has 0 aliphatic carbocycles. The number of benzene rings is 1. The molecule has 0 radical (unpaired) electrons. The molecular formula is C34H45N7O4S. The number of rotatable bonds is 8. The fourth-order valence-corrected chi connectivity index (χ4v) is 9.11. The molecule has 3 aliphatic rings. The number of carbonyl (C=O) groups is 1. The van der Waals surface area contributed by atoms with Gasteiger partial charge in [0.25, 0.3) is 0 Å². The quantitative estimate of drug-likeness (QED) is 0.334. The van der Waals surface area contributed by atoms with Crippen molar-refractivity contribution in [2.24, 2.45) is 5.92 Å². The Kier molecular flexibility index (Phi) is 8.25. The predicted molar refractivity (Wildman–Crippen MR) is 182 cm³/mol. The van der Waals surface area contributed by atoms with E-state index in [1.54, 1.807) is 12.3 Å². The van der Waals surface area contributed by atoms with Crippen molar-refractivity contribution >= 4 is 49.8 Å². The van der Waals surface area contributed by atoms with Gasteiger partial charge in [-0.15, -0.1) is 0 Å². The minimum absolute atomic E-state index is 0.0137. The van der Waals surface area contributed by atoms with E-state index in [9.17, 15) is 18.3 Å². The molecule has 0 spiro atoms. The average Bonchev–Trinajstić information content (AvgIpc) is 3.49. The summed E-state index contributed by atoms with van der Waals surface area (Å²) in [6.45, 7) is 13.9. The molecule has 1 aromatic carbocycles. The maximum atomic E-state index is 12.8. The summed E-state index contributed by atoms with van der Waals surface area (Å²) in [6.07, 6.45) is 9.33. The number of sulfone groups is 1. The molecule has 0 saturated carbocycles. The summed E-state index contributed by atoms with van der Waals surface area (Å²) in [6, 6.07) is 7.96. The van der Waals surface area contributed by atoms with Gasteiger partial charge in [-0.3, -0.25) is 4.79 Å². The molecule has 6 rings (SSSR count). The smallest absolute Gasteiger partial charge is 0.246 e. The molecule has 3 atom stereocenters. The Bertz CT molecular complexity index is 1770. The van der Waals surface area contributed by atoms with Crippen LogP contribution in [-0.4, -0.2) is 88.1 Å². The van der Waals surface area contributed by atoms with Crippen LogP contribution >= 0.6 is 0 Å². The first kappa shape index (κ1) is 32.2. The summed E-state index contributed by atoms with van der Waals surface area (Å²) in [7, 11) is -3.14. The number of hydrogen-bond donors (Lipinski definition) is 2. The van der Waals surface area contributed by atoms with E-state index in [1.165, 1.54) is 12.3 Å². The lowest BCUT2D eigenvalue weighted by Crippen LogP contribution is -2.71. The molecule has 46 heavy (non-hydrogen) atoms. The van der Waals surface area contributed by atoms with Gasteiger partial charge in [0.15, 0.2) is 0 Å². The van der Waals surface area contributed by atoms with Gasteiger partial charge in [0.05, 0.1) is 17.4 Å². The number of likely N-dealkylation sites (tertiary alicyclic amines) is 1. The van der Waals surface area contributed by atoms with Gasteiger partial charge in [0, 0.05) is 66.9 Å². The highest BCUT2D eigenvalue weighted by Gasteiger charge is 2.53. The van der Waals surface area contributed by atoms with Gasteiger partial charge in [0.1, 0.15) is 21.5 Å². The standard InChI is InChI=1S/C34H45N7O4S/c1-7-31(42)40-16-8-9-27(40)23-10-11-28(41-22(2)26(33(41,3)4)21-46(6,44)45)25-20-36-30(19-24(23)25)37-29-12-15-35-32(38-29)39-17-13-34(5,43)14-18-39/h7,10-12,15,19-20,22,26-27,43H,1,8-9,13-14,16-18,21H2,2-6H3,(H,35,36,37,38)/t22-,26-,27+/m1/s1. The molecule has 3 aliphatic heterocycles. The first-order valence-corrected chi connectivity index (χ1v) is 18.1. The molecule has 3 aromatic rings. The molecule has 3 saturated heterocycles. The predicted octanol–water partition coefficient (Wildman–Crippen LogP) is 4.62. The van der Waals surface area contributed by atoms with Gasteiger partial charge in [0.2, 0.25) is 11.9 Å². The second-order valence-electron chi connectivity index (χ2n) is 14.0. The Morgan fingerprint density at radius 3 is 2.52 bits per heavy atom. The lowest BCUT2D eigenvalue weighted by Gasteiger charge is -2.62. The Hall–Kier alpha value is -3.77. The van der Waals surface area contributed by atoms with Crippen LogP contribution in [0.4, 0.5) is 23.3 Å². The van der Waals surface area contributed by atoms with Crippen LogP contribution in [0.15, 0.2) is 49.3 Å². The number of amides is 1.